The van der Waals surface area contributed by atoms with Crippen molar-refractivity contribution in [2.24, 2.45) is 0 Å². The van der Waals surface area contributed by atoms with Gasteiger partial charge in [0.25, 0.3) is 12.4 Å². The molecule has 3 rings (SSSR count). The van der Waals surface area contributed by atoms with Gasteiger partial charge in [0.15, 0.2) is 23.3 Å². The van der Waals surface area contributed by atoms with Crippen LogP contribution in [0.1, 0.15) is 17.9 Å². The Hall–Kier alpha value is -2.52. The maximum Gasteiger partial charge on any atom is 0.297 e. The average Bonchev–Trinajstić information content (AvgIpc) is 2.58. The highest BCUT2D eigenvalue weighted by atomic mass is 19.3. The Bertz CT molecular complexity index is 777. The van der Waals surface area contributed by atoms with Gasteiger partial charge >= 0.3 is 0 Å². The van der Waals surface area contributed by atoms with Gasteiger partial charge in [-0.2, -0.15) is 9.37 Å². The van der Waals surface area contributed by atoms with Crippen molar-refractivity contribution in [3.63, 3.8) is 0 Å². The number of anilines is 2. The fourth-order valence-corrected chi connectivity index (χ4v) is 2.64. The lowest BCUT2D eigenvalue weighted by molar-refractivity contribution is 0.140. The molecule has 0 unspecified atom stereocenters. The van der Waals surface area contributed by atoms with Crippen molar-refractivity contribution in [2.75, 3.05) is 36.0 Å². The molecule has 0 N–H and O–H groups in total. The molecule has 0 aromatic carbocycles. The van der Waals surface area contributed by atoms with E-state index < -0.39 is 29.8 Å². The Labute approximate surface area is 140 Å². The van der Waals surface area contributed by atoms with Crippen LogP contribution >= 0.6 is 0 Å². The van der Waals surface area contributed by atoms with Gasteiger partial charge in [0.2, 0.25) is 0 Å². The van der Waals surface area contributed by atoms with E-state index in [4.69, 9.17) is 0 Å². The molecule has 2 aromatic rings. The molecule has 25 heavy (non-hydrogen) atoms. The minimum atomic E-state index is -2.78. The van der Waals surface area contributed by atoms with Gasteiger partial charge in [0.1, 0.15) is 5.82 Å². The van der Waals surface area contributed by atoms with Crippen LogP contribution < -0.4 is 9.80 Å². The summed E-state index contributed by atoms with van der Waals surface area (Å²) in [5, 5.41) is 0. The van der Waals surface area contributed by atoms with E-state index in [-0.39, 0.29) is 18.9 Å². The predicted octanol–water partition coefficient (Wildman–Crippen LogP) is 2.86. The molecule has 0 spiro atoms. The van der Waals surface area contributed by atoms with Crippen LogP contribution in [0.5, 0.6) is 0 Å². The second-order valence-electron chi connectivity index (χ2n) is 5.57. The normalized spacial score (nSPS) is 15.2. The van der Waals surface area contributed by atoms with Gasteiger partial charge in [-0.15, -0.1) is 0 Å². The van der Waals surface area contributed by atoms with Crippen LogP contribution in [0.25, 0.3) is 0 Å². The van der Waals surface area contributed by atoms with E-state index in [1.165, 1.54) is 4.90 Å². The molecule has 0 bridgehead atoms. The van der Waals surface area contributed by atoms with Crippen molar-refractivity contribution in [3.05, 3.63) is 41.2 Å². The van der Waals surface area contributed by atoms with E-state index in [2.05, 4.69) is 15.0 Å². The molecule has 134 valence electrons. The number of pyridine rings is 1. The first-order valence-corrected chi connectivity index (χ1v) is 7.50. The number of hydrogen-bond donors (Lipinski definition) is 0. The number of nitrogens with zero attached hydrogens (tertiary/aromatic N) is 5. The monoisotopic (exact) mass is 359 g/mol. The highest BCUT2D eigenvalue weighted by Gasteiger charge is 2.24. The Morgan fingerprint density at radius 3 is 2.16 bits per heavy atom. The zero-order valence-electron chi connectivity index (χ0n) is 13.2. The van der Waals surface area contributed by atoms with Crippen LogP contribution in [0.2, 0.25) is 0 Å². The lowest BCUT2D eigenvalue weighted by Crippen LogP contribution is -2.47. The van der Waals surface area contributed by atoms with Crippen LogP contribution in [0.15, 0.2) is 12.1 Å². The molecule has 2 aromatic heterocycles. The van der Waals surface area contributed by atoms with Gasteiger partial charge in [0.05, 0.1) is 0 Å². The summed E-state index contributed by atoms with van der Waals surface area (Å²) in [5.41, 5.74) is 0.413. The quantitative estimate of drug-likeness (QED) is 0.623. The number of aryl methyl sites for hydroxylation is 1. The minimum Gasteiger partial charge on any atom is -0.353 e. The van der Waals surface area contributed by atoms with E-state index in [1.54, 1.807) is 17.9 Å². The first kappa shape index (κ1) is 17.3. The molecule has 0 amide bonds. The average molecular weight is 359 g/mol. The topological polar surface area (TPSA) is 45.2 Å². The summed E-state index contributed by atoms with van der Waals surface area (Å²) in [7, 11) is 0. The number of hydrogen-bond acceptors (Lipinski definition) is 5. The molecule has 0 atom stereocenters. The van der Waals surface area contributed by atoms with Gasteiger partial charge in [0, 0.05) is 44.0 Å². The zero-order chi connectivity index (χ0) is 18.1. The second kappa shape index (κ2) is 6.77. The van der Waals surface area contributed by atoms with Gasteiger partial charge in [-0.3, -0.25) is 0 Å². The number of rotatable bonds is 3. The van der Waals surface area contributed by atoms with E-state index in [1.807, 2.05) is 0 Å². The highest BCUT2D eigenvalue weighted by Crippen LogP contribution is 2.23. The van der Waals surface area contributed by atoms with Crippen molar-refractivity contribution in [3.8, 4) is 0 Å². The van der Waals surface area contributed by atoms with E-state index in [9.17, 15) is 22.0 Å². The first-order valence-electron chi connectivity index (χ1n) is 7.50. The molecule has 1 saturated heterocycles. The molecule has 1 fully saturated rings. The van der Waals surface area contributed by atoms with Crippen molar-refractivity contribution < 1.29 is 22.0 Å². The SMILES string of the molecule is Cc1cc(N2CCN(c3nc(F)c(F)cc3F)CC2)nc(C(F)F)n1. The summed E-state index contributed by atoms with van der Waals surface area (Å²) in [5.74, 6) is -4.15. The fraction of sp³-hybridized carbons (Fsp3) is 0.400. The van der Waals surface area contributed by atoms with Crippen molar-refractivity contribution in [2.45, 2.75) is 13.3 Å². The number of halogens is 5. The van der Waals surface area contributed by atoms with Crippen LogP contribution in [-0.2, 0) is 0 Å². The number of aromatic nitrogens is 3. The summed E-state index contributed by atoms with van der Waals surface area (Å²) >= 11 is 0. The largest absolute Gasteiger partial charge is 0.353 e. The predicted molar refractivity (Wildman–Crippen MR) is 80.3 cm³/mol. The van der Waals surface area contributed by atoms with Gasteiger partial charge < -0.3 is 9.80 Å². The van der Waals surface area contributed by atoms with Gasteiger partial charge in [-0.25, -0.2) is 27.5 Å². The van der Waals surface area contributed by atoms with Gasteiger partial charge in [-0.05, 0) is 6.92 Å². The third-order valence-electron chi connectivity index (χ3n) is 3.82. The van der Waals surface area contributed by atoms with Crippen molar-refractivity contribution in [1.82, 2.24) is 15.0 Å². The summed E-state index contributed by atoms with van der Waals surface area (Å²) in [4.78, 5) is 14.1. The molecule has 0 saturated carbocycles. The third-order valence-corrected chi connectivity index (χ3v) is 3.82. The molecule has 10 heteroatoms. The number of alkyl halides is 2. The Balaban J connectivity index is 1.75. The molecule has 0 radical (unpaired) electrons. The maximum atomic E-state index is 13.8. The Morgan fingerprint density at radius 2 is 1.52 bits per heavy atom. The molecule has 1 aliphatic heterocycles. The lowest BCUT2D eigenvalue weighted by Gasteiger charge is -2.36. The summed E-state index contributed by atoms with van der Waals surface area (Å²) in [6, 6.07) is 2.03. The smallest absolute Gasteiger partial charge is 0.297 e. The van der Waals surface area contributed by atoms with Crippen LogP contribution in [0.4, 0.5) is 33.6 Å². The molecule has 5 nitrogen and oxygen atoms in total. The third kappa shape index (κ3) is 3.62. The second-order valence-corrected chi connectivity index (χ2v) is 5.57. The highest BCUT2D eigenvalue weighted by molar-refractivity contribution is 5.46. The van der Waals surface area contributed by atoms with E-state index in [0.717, 1.165) is 0 Å². The molecular formula is C15H14F5N5. The van der Waals surface area contributed by atoms with Crippen LogP contribution in [-0.4, -0.2) is 41.1 Å². The lowest BCUT2D eigenvalue weighted by atomic mass is 10.2. The standard InChI is InChI=1S/C15H14F5N5/c1-8-6-11(22-14(21-8)12(18)19)24-2-4-25(5-3-24)15-10(17)7-9(16)13(20)23-15/h6-7,12H,2-5H2,1H3. The Morgan fingerprint density at radius 1 is 0.880 bits per heavy atom. The first-order chi connectivity index (χ1) is 11.8. The van der Waals surface area contributed by atoms with Crippen molar-refractivity contribution >= 4 is 11.6 Å². The molecule has 3 heterocycles. The summed E-state index contributed by atoms with van der Waals surface area (Å²) < 4.78 is 65.7. The minimum absolute atomic E-state index is 0.252. The summed E-state index contributed by atoms with van der Waals surface area (Å²) in [6.45, 7) is 2.76. The maximum absolute atomic E-state index is 13.8. The van der Waals surface area contributed by atoms with Crippen molar-refractivity contribution in [1.29, 1.82) is 0 Å². The van der Waals surface area contributed by atoms with E-state index in [0.29, 0.717) is 30.7 Å². The number of piperazine rings is 1. The molecule has 0 aliphatic carbocycles. The van der Waals surface area contributed by atoms with Crippen LogP contribution in [0, 0.1) is 24.5 Å². The summed E-state index contributed by atoms with van der Waals surface area (Å²) in [6.07, 6.45) is -2.78. The van der Waals surface area contributed by atoms with E-state index >= 15 is 0 Å². The Kier molecular flexibility index (Phi) is 4.69. The molecular weight excluding hydrogens is 345 g/mol. The molecule has 1 aliphatic rings. The van der Waals surface area contributed by atoms with Gasteiger partial charge in [-0.1, -0.05) is 0 Å². The zero-order valence-corrected chi connectivity index (χ0v) is 13.2. The fourth-order valence-electron chi connectivity index (χ4n) is 2.64. The van der Waals surface area contributed by atoms with Crippen LogP contribution in [0.3, 0.4) is 0 Å².